The van der Waals surface area contributed by atoms with Crippen LogP contribution in [0.4, 0.5) is 0 Å². The van der Waals surface area contributed by atoms with Crippen LogP contribution in [0.3, 0.4) is 0 Å². The van der Waals surface area contributed by atoms with E-state index in [0.29, 0.717) is 0 Å². The Morgan fingerprint density at radius 3 is 2.39 bits per heavy atom. The Labute approximate surface area is 135 Å². The molecule has 2 aromatic rings. The summed E-state index contributed by atoms with van der Waals surface area (Å²) in [6, 6.07) is 15.4. The zero-order valence-corrected chi connectivity index (χ0v) is 13.4. The molecule has 2 aromatic carbocycles. The second-order valence-electron chi connectivity index (χ2n) is 4.84. The first-order valence-corrected chi connectivity index (χ1v) is 8.39. The van der Waals surface area contributed by atoms with Gasteiger partial charge in [-0.1, -0.05) is 48.0 Å². The Morgan fingerprint density at radius 1 is 1.09 bits per heavy atom. The van der Waals surface area contributed by atoms with Crippen LogP contribution in [0.1, 0.15) is 11.1 Å². The van der Waals surface area contributed by atoms with Crippen LogP contribution < -0.4 is 10.1 Å². The highest BCUT2D eigenvalue weighted by atomic mass is 32.2. The first kappa shape index (κ1) is 16.9. The van der Waals surface area contributed by atoms with Crippen molar-refractivity contribution in [2.75, 3.05) is 6.54 Å². The monoisotopic (exact) mass is 331 g/mol. The van der Waals surface area contributed by atoms with Crippen molar-refractivity contribution in [1.82, 2.24) is 10.1 Å². The van der Waals surface area contributed by atoms with Gasteiger partial charge in [-0.25, -0.2) is 18.6 Å². The third kappa shape index (κ3) is 5.32. The van der Waals surface area contributed by atoms with E-state index in [0.717, 1.165) is 11.1 Å². The number of carbonyl (C=O) groups excluding carboxylic acids is 1. The SMILES string of the molecule is Cc1ccc(/C=N\NC(=O)CNS(=O)(=O)c2ccccc2)cc1. The van der Waals surface area contributed by atoms with Gasteiger partial charge in [0.25, 0.3) is 5.91 Å². The largest absolute Gasteiger partial charge is 0.272 e. The lowest BCUT2D eigenvalue weighted by Crippen LogP contribution is -2.34. The van der Waals surface area contributed by atoms with Crippen LogP contribution in [-0.2, 0) is 14.8 Å². The maximum absolute atomic E-state index is 11.9. The molecule has 0 unspecified atom stereocenters. The van der Waals surface area contributed by atoms with Crippen LogP contribution in [0.25, 0.3) is 0 Å². The molecule has 0 aromatic heterocycles. The minimum Gasteiger partial charge on any atom is -0.272 e. The van der Waals surface area contributed by atoms with Gasteiger partial charge < -0.3 is 0 Å². The molecule has 0 bridgehead atoms. The fourth-order valence-corrected chi connectivity index (χ4v) is 2.72. The Morgan fingerprint density at radius 2 is 1.74 bits per heavy atom. The average Bonchev–Trinajstić information content (AvgIpc) is 2.56. The van der Waals surface area contributed by atoms with E-state index in [9.17, 15) is 13.2 Å². The highest BCUT2D eigenvalue weighted by molar-refractivity contribution is 7.89. The van der Waals surface area contributed by atoms with Crippen LogP contribution in [0.5, 0.6) is 0 Å². The molecule has 2 N–H and O–H groups in total. The van der Waals surface area contributed by atoms with E-state index in [2.05, 4.69) is 15.2 Å². The van der Waals surface area contributed by atoms with Crippen LogP contribution in [0, 0.1) is 6.92 Å². The summed E-state index contributed by atoms with van der Waals surface area (Å²) in [6.07, 6.45) is 1.49. The molecule has 0 aliphatic rings. The number of benzene rings is 2. The van der Waals surface area contributed by atoms with E-state index < -0.39 is 15.9 Å². The summed E-state index contributed by atoms with van der Waals surface area (Å²) < 4.78 is 26.1. The molecule has 1 amide bonds. The van der Waals surface area contributed by atoms with Gasteiger partial charge in [-0.15, -0.1) is 0 Å². The molecule has 0 spiro atoms. The number of nitrogens with one attached hydrogen (secondary N) is 2. The number of sulfonamides is 1. The number of aryl methyl sites for hydroxylation is 1. The van der Waals surface area contributed by atoms with Crippen LogP contribution in [-0.4, -0.2) is 27.1 Å². The zero-order chi connectivity index (χ0) is 16.7. The smallest absolute Gasteiger partial charge is 0.255 e. The van der Waals surface area contributed by atoms with Gasteiger partial charge in [-0.2, -0.15) is 5.10 Å². The standard InChI is InChI=1S/C16H17N3O3S/c1-13-7-9-14(10-8-13)11-17-19-16(20)12-18-23(21,22)15-5-3-2-4-6-15/h2-11,18H,12H2,1H3,(H,19,20)/b17-11-. The van der Waals surface area contributed by atoms with Gasteiger partial charge in [0.2, 0.25) is 10.0 Å². The molecule has 0 radical (unpaired) electrons. The fraction of sp³-hybridized carbons (Fsp3) is 0.125. The Kier molecular flexibility index (Phi) is 5.61. The van der Waals surface area contributed by atoms with Gasteiger partial charge >= 0.3 is 0 Å². The van der Waals surface area contributed by atoms with Crippen molar-refractivity contribution in [3.8, 4) is 0 Å². The third-order valence-corrected chi connectivity index (χ3v) is 4.37. The Hall–Kier alpha value is -2.51. The lowest BCUT2D eigenvalue weighted by Gasteiger charge is -2.05. The predicted octanol–water partition coefficient (Wildman–Crippen LogP) is 1.42. The highest BCUT2D eigenvalue weighted by Crippen LogP contribution is 2.06. The molecule has 120 valence electrons. The molecule has 0 aliphatic carbocycles. The summed E-state index contributed by atoms with van der Waals surface area (Å²) in [4.78, 5) is 11.7. The average molecular weight is 331 g/mol. The van der Waals surface area contributed by atoms with Crippen LogP contribution in [0.2, 0.25) is 0 Å². The molecular weight excluding hydrogens is 314 g/mol. The van der Waals surface area contributed by atoms with Crippen LogP contribution in [0.15, 0.2) is 64.6 Å². The van der Waals surface area contributed by atoms with Crippen molar-refractivity contribution in [1.29, 1.82) is 0 Å². The number of amides is 1. The van der Waals surface area contributed by atoms with E-state index in [1.807, 2.05) is 31.2 Å². The van der Waals surface area contributed by atoms with E-state index in [1.54, 1.807) is 18.2 Å². The number of carbonyl (C=O) groups is 1. The topological polar surface area (TPSA) is 87.6 Å². The first-order valence-electron chi connectivity index (χ1n) is 6.91. The van der Waals surface area contributed by atoms with Gasteiger partial charge in [0, 0.05) is 0 Å². The normalized spacial score (nSPS) is 11.5. The number of hydrogen-bond acceptors (Lipinski definition) is 4. The summed E-state index contributed by atoms with van der Waals surface area (Å²) in [5, 5.41) is 3.79. The van der Waals surface area contributed by atoms with E-state index in [-0.39, 0.29) is 11.4 Å². The lowest BCUT2D eigenvalue weighted by atomic mass is 10.2. The predicted molar refractivity (Wildman–Crippen MR) is 88.5 cm³/mol. The fourth-order valence-electron chi connectivity index (χ4n) is 1.71. The number of rotatable bonds is 6. The lowest BCUT2D eigenvalue weighted by molar-refractivity contribution is -0.119. The van der Waals surface area contributed by atoms with Crippen molar-refractivity contribution in [3.05, 3.63) is 65.7 Å². The quantitative estimate of drug-likeness (QED) is 0.620. The van der Waals surface area contributed by atoms with Gasteiger partial charge in [0.1, 0.15) is 0 Å². The van der Waals surface area contributed by atoms with E-state index in [4.69, 9.17) is 0 Å². The van der Waals surface area contributed by atoms with Gasteiger partial charge in [-0.05, 0) is 24.6 Å². The Balaban J connectivity index is 1.84. The highest BCUT2D eigenvalue weighted by Gasteiger charge is 2.14. The third-order valence-electron chi connectivity index (χ3n) is 2.96. The summed E-state index contributed by atoms with van der Waals surface area (Å²) in [7, 11) is -3.70. The van der Waals surface area contributed by atoms with E-state index in [1.165, 1.54) is 18.3 Å². The number of nitrogens with zero attached hydrogens (tertiary/aromatic N) is 1. The first-order chi connectivity index (χ1) is 11.0. The molecule has 0 atom stereocenters. The minimum absolute atomic E-state index is 0.107. The second kappa shape index (κ2) is 7.66. The molecule has 0 saturated carbocycles. The van der Waals surface area contributed by atoms with Crippen molar-refractivity contribution in [2.45, 2.75) is 11.8 Å². The minimum atomic E-state index is -3.70. The molecule has 0 aliphatic heterocycles. The van der Waals surface area contributed by atoms with E-state index >= 15 is 0 Å². The molecular formula is C16H17N3O3S. The van der Waals surface area contributed by atoms with Gasteiger partial charge in [0.15, 0.2) is 0 Å². The van der Waals surface area contributed by atoms with Gasteiger partial charge in [0.05, 0.1) is 17.7 Å². The molecule has 6 nitrogen and oxygen atoms in total. The molecule has 2 rings (SSSR count). The summed E-state index contributed by atoms with van der Waals surface area (Å²) in [5.41, 5.74) is 4.23. The van der Waals surface area contributed by atoms with Crippen molar-refractivity contribution >= 4 is 22.1 Å². The Bertz CT molecular complexity index is 785. The summed E-state index contributed by atoms with van der Waals surface area (Å²) in [5.74, 6) is -0.548. The van der Waals surface area contributed by atoms with Crippen LogP contribution >= 0.6 is 0 Å². The zero-order valence-electron chi connectivity index (χ0n) is 12.6. The second-order valence-corrected chi connectivity index (χ2v) is 6.61. The molecule has 23 heavy (non-hydrogen) atoms. The van der Waals surface area contributed by atoms with Crippen molar-refractivity contribution in [2.24, 2.45) is 5.10 Å². The number of hydrazone groups is 1. The van der Waals surface area contributed by atoms with Crippen molar-refractivity contribution < 1.29 is 13.2 Å². The molecule has 0 fully saturated rings. The van der Waals surface area contributed by atoms with Gasteiger partial charge in [-0.3, -0.25) is 4.79 Å². The maximum Gasteiger partial charge on any atom is 0.255 e. The molecule has 0 saturated heterocycles. The molecule has 7 heteroatoms. The maximum atomic E-state index is 11.9. The number of hydrogen-bond donors (Lipinski definition) is 2. The summed E-state index contributed by atoms with van der Waals surface area (Å²) in [6.45, 7) is 1.59. The molecule has 0 heterocycles. The van der Waals surface area contributed by atoms with Crippen molar-refractivity contribution in [3.63, 3.8) is 0 Å². The summed E-state index contributed by atoms with van der Waals surface area (Å²) >= 11 is 0.